The van der Waals surface area contributed by atoms with Gasteiger partial charge in [0, 0.05) is 0 Å². The Balaban J connectivity index is 2.28. The fourth-order valence-electron chi connectivity index (χ4n) is 1.56. The van der Waals surface area contributed by atoms with Crippen molar-refractivity contribution in [2.24, 2.45) is 0 Å². The Hall–Kier alpha value is -2.05. The van der Waals surface area contributed by atoms with E-state index in [4.69, 9.17) is 21.4 Å². The average molecular weight is 312 g/mol. The molecule has 0 fully saturated rings. The molecule has 104 valence electrons. The molecule has 20 heavy (non-hydrogen) atoms. The van der Waals surface area contributed by atoms with Gasteiger partial charge in [0.15, 0.2) is 0 Å². The number of carboxylic acid groups (broad SMARTS) is 1. The van der Waals surface area contributed by atoms with Crippen molar-refractivity contribution in [2.75, 3.05) is 12.4 Å². The number of rotatable bonds is 4. The van der Waals surface area contributed by atoms with Gasteiger partial charge in [0.05, 0.1) is 23.4 Å². The van der Waals surface area contributed by atoms with Gasteiger partial charge in [-0.1, -0.05) is 11.6 Å². The van der Waals surface area contributed by atoms with Crippen molar-refractivity contribution in [2.45, 2.75) is 0 Å². The van der Waals surface area contributed by atoms with Crippen LogP contribution in [0.2, 0.25) is 5.02 Å². The van der Waals surface area contributed by atoms with Gasteiger partial charge >= 0.3 is 5.97 Å². The lowest BCUT2D eigenvalue weighted by atomic mass is 10.2. The van der Waals surface area contributed by atoms with Gasteiger partial charge in [-0.25, -0.2) is 4.79 Å². The molecule has 0 spiro atoms. The van der Waals surface area contributed by atoms with Crippen molar-refractivity contribution in [1.82, 2.24) is 0 Å². The number of carboxylic acids is 1. The average Bonchev–Trinajstić information content (AvgIpc) is 2.89. The molecule has 5 nitrogen and oxygen atoms in total. The van der Waals surface area contributed by atoms with E-state index in [0.717, 1.165) is 0 Å². The first kappa shape index (κ1) is 14.4. The first-order valence-electron chi connectivity index (χ1n) is 5.48. The number of nitrogens with one attached hydrogen (secondary N) is 1. The van der Waals surface area contributed by atoms with Gasteiger partial charge in [-0.2, -0.15) is 0 Å². The van der Waals surface area contributed by atoms with E-state index in [1.165, 1.54) is 36.6 Å². The number of anilines is 1. The van der Waals surface area contributed by atoms with E-state index in [2.05, 4.69) is 5.32 Å². The summed E-state index contributed by atoms with van der Waals surface area (Å²) in [4.78, 5) is 23.4. The summed E-state index contributed by atoms with van der Waals surface area (Å²) in [6.45, 7) is 0. The molecule has 0 unspecified atom stereocenters. The highest BCUT2D eigenvalue weighted by molar-refractivity contribution is 7.12. The van der Waals surface area contributed by atoms with Gasteiger partial charge in [-0.15, -0.1) is 11.3 Å². The SMILES string of the molecule is COc1ccsc1C(=O)Nc1cc(C(=O)O)ccc1Cl. The molecule has 2 rings (SSSR count). The minimum Gasteiger partial charge on any atom is -0.495 e. The molecule has 0 aliphatic carbocycles. The van der Waals surface area contributed by atoms with Gasteiger partial charge < -0.3 is 15.2 Å². The summed E-state index contributed by atoms with van der Waals surface area (Å²) >= 11 is 7.17. The lowest BCUT2D eigenvalue weighted by Gasteiger charge is -2.08. The molecule has 2 N–H and O–H groups in total. The molecule has 1 heterocycles. The predicted molar refractivity (Wildman–Crippen MR) is 77.2 cm³/mol. The molecule has 1 amide bonds. The number of hydrogen-bond donors (Lipinski definition) is 2. The van der Waals surface area contributed by atoms with E-state index in [1.54, 1.807) is 11.4 Å². The van der Waals surface area contributed by atoms with Gasteiger partial charge in [0.2, 0.25) is 0 Å². The summed E-state index contributed by atoms with van der Waals surface area (Å²) in [6, 6.07) is 5.77. The summed E-state index contributed by atoms with van der Waals surface area (Å²) in [6.07, 6.45) is 0. The van der Waals surface area contributed by atoms with Crippen LogP contribution >= 0.6 is 22.9 Å². The first-order valence-corrected chi connectivity index (χ1v) is 6.74. The lowest BCUT2D eigenvalue weighted by Crippen LogP contribution is -2.12. The molecule has 0 atom stereocenters. The van der Waals surface area contributed by atoms with Crippen LogP contribution in [0, 0.1) is 0 Å². The maximum Gasteiger partial charge on any atom is 0.335 e. The first-order chi connectivity index (χ1) is 9.52. The second-order valence-corrected chi connectivity index (χ2v) is 5.10. The fourth-order valence-corrected chi connectivity index (χ4v) is 2.48. The van der Waals surface area contributed by atoms with E-state index in [1.807, 2.05) is 0 Å². The van der Waals surface area contributed by atoms with Crippen LogP contribution in [-0.4, -0.2) is 24.1 Å². The number of carbonyl (C=O) groups excluding carboxylic acids is 1. The lowest BCUT2D eigenvalue weighted by molar-refractivity contribution is 0.0696. The van der Waals surface area contributed by atoms with E-state index in [-0.39, 0.29) is 16.3 Å². The Labute approximate surface area is 123 Å². The van der Waals surface area contributed by atoms with Crippen molar-refractivity contribution < 1.29 is 19.4 Å². The number of halogens is 1. The molecule has 1 aromatic heterocycles. The molecule has 1 aromatic carbocycles. The monoisotopic (exact) mass is 311 g/mol. The molecule has 0 bridgehead atoms. The third-order valence-electron chi connectivity index (χ3n) is 2.52. The number of ether oxygens (including phenoxy) is 1. The van der Waals surface area contributed by atoms with Crippen LogP contribution in [0.4, 0.5) is 5.69 Å². The second-order valence-electron chi connectivity index (χ2n) is 3.77. The van der Waals surface area contributed by atoms with Crippen LogP contribution in [0.1, 0.15) is 20.0 Å². The number of amides is 1. The number of benzene rings is 1. The highest BCUT2D eigenvalue weighted by Crippen LogP contribution is 2.28. The largest absolute Gasteiger partial charge is 0.495 e. The third-order valence-corrected chi connectivity index (χ3v) is 3.74. The van der Waals surface area contributed by atoms with Crippen LogP contribution in [0.15, 0.2) is 29.6 Å². The summed E-state index contributed by atoms with van der Waals surface area (Å²) < 4.78 is 5.06. The number of hydrogen-bond acceptors (Lipinski definition) is 4. The van der Waals surface area contributed by atoms with Gasteiger partial charge in [-0.05, 0) is 29.6 Å². The van der Waals surface area contributed by atoms with Crippen LogP contribution in [0.3, 0.4) is 0 Å². The maximum absolute atomic E-state index is 12.1. The second kappa shape index (κ2) is 5.94. The Morgan fingerprint density at radius 2 is 2.10 bits per heavy atom. The topological polar surface area (TPSA) is 75.6 Å². The van der Waals surface area contributed by atoms with Gasteiger partial charge in [0.1, 0.15) is 10.6 Å². The smallest absolute Gasteiger partial charge is 0.335 e. The van der Waals surface area contributed by atoms with Crippen LogP contribution in [-0.2, 0) is 0 Å². The Kier molecular flexibility index (Phi) is 4.26. The number of carbonyl (C=O) groups is 2. The number of methoxy groups -OCH3 is 1. The Bertz CT molecular complexity index is 668. The van der Waals surface area contributed by atoms with Crippen LogP contribution < -0.4 is 10.1 Å². The molecule has 0 aliphatic heterocycles. The third kappa shape index (κ3) is 2.92. The molecule has 7 heteroatoms. The van der Waals surface area contributed by atoms with Crippen molar-refractivity contribution in [3.8, 4) is 5.75 Å². The quantitative estimate of drug-likeness (QED) is 0.907. The zero-order valence-electron chi connectivity index (χ0n) is 10.3. The van der Waals surface area contributed by atoms with Crippen LogP contribution in [0.5, 0.6) is 5.75 Å². The highest BCUT2D eigenvalue weighted by Gasteiger charge is 2.16. The Morgan fingerprint density at radius 1 is 1.35 bits per heavy atom. The predicted octanol–water partition coefficient (Wildman–Crippen LogP) is 3.36. The van der Waals surface area contributed by atoms with Crippen molar-refractivity contribution in [3.05, 3.63) is 45.1 Å². The van der Waals surface area contributed by atoms with E-state index < -0.39 is 11.9 Å². The summed E-state index contributed by atoms with van der Waals surface area (Å²) in [5.74, 6) is -1.04. The van der Waals surface area contributed by atoms with E-state index in [9.17, 15) is 9.59 Å². The highest BCUT2D eigenvalue weighted by atomic mass is 35.5. The zero-order valence-corrected chi connectivity index (χ0v) is 11.9. The van der Waals surface area contributed by atoms with Crippen molar-refractivity contribution in [1.29, 1.82) is 0 Å². The molecule has 2 aromatic rings. The molecule has 0 aliphatic rings. The van der Waals surface area contributed by atoms with Gasteiger partial charge in [0.25, 0.3) is 5.91 Å². The number of aromatic carboxylic acids is 1. The minimum absolute atomic E-state index is 0.0443. The molecule has 0 saturated carbocycles. The molecule has 0 saturated heterocycles. The van der Waals surface area contributed by atoms with Crippen molar-refractivity contribution in [3.63, 3.8) is 0 Å². The minimum atomic E-state index is -1.09. The summed E-state index contributed by atoms with van der Waals surface area (Å²) in [7, 11) is 1.47. The van der Waals surface area contributed by atoms with Gasteiger partial charge in [-0.3, -0.25) is 4.79 Å². The maximum atomic E-state index is 12.1. The van der Waals surface area contributed by atoms with Crippen LogP contribution in [0.25, 0.3) is 0 Å². The van der Waals surface area contributed by atoms with E-state index >= 15 is 0 Å². The Morgan fingerprint density at radius 3 is 2.75 bits per heavy atom. The molecule has 0 radical (unpaired) electrons. The standard InChI is InChI=1S/C13H10ClNO4S/c1-19-10-4-5-20-11(10)12(16)15-9-6-7(13(17)18)2-3-8(9)14/h2-6H,1H3,(H,15,16)(H,17,18). The van der Waals surface area contributed by atoms with E-state index in [0.29, 0.717) is 10.6 Å². The molecular formula is C13H10ClNO4S. The van der Waals surface area contributed by atoms with Crippen molar-refractivity contribution >= 4 is 40.5 Å². The summed E-state index contributed by atoms with van der Waals surface area (Å²) in [5.41, 5.74) is 0.287. The fraction of sp³-hybridized carbons (Fsp3) is 0.0769. The summed E-state index contributed by atoms with van der Waals surface area (Å²) in [5, 5.41) is 13.5. The number of thiophene rings is 1. The molecular weight excluding hydrogens is 302 g/mol. The zero-order chi connectivity index (χ0) is 14.7. The normalized spacial score (nSPS) is 10.1.